The number of pyridine rings is 1. The van der Waals surface area contributed by atoms with Gasteiger partial charge in [-0.25, -0.2) is 14.5 Å². The molecule has 14 heterocycles. The minimum Gasteiger partial charge on any atom is -0.434 e. The minimum atomic E-state index is -3.03. The van der Waals surface area contributed by atoms with Crippen LogP contribution in [0.25, 0.3) is 78.5 Å². The molecule has 10 N–H and O–H groups in total. The predicted octanol–water partition coefficient (Wildman–Crippen LogP) is 19.3. The molecule has 140 heavy (non-hydrogen) atoms. The molecule has 0 radical (unpaired) electrons. The van der Waals surface area contributed by atoms with E-state index in [1.807, 2.05) is 18.4 Å². The number of nitrogens with one attached hydrogen (secondary N) is 10. The Hall–Kier alpha value is -16.4. The molecule has 5 amide bonds. The number of hydrogen-bond acceptors (Lipinski definition) is 25. The molecule has 4 aliphatic rings. The molecule has 0 bridgehead atoms. The Labute approximate surface area is 802 Å². The third-order valence-corrected chi connectivity index (χ3v) is 21.9. The predicted molar refractivity (Wildman–Crippen MR) is 489 cm³/mol. The summed E-state index contributed by atoms with van der Waals surface area (Å²) in [5, 5.41) is 55.7. The monoisotopic (exact) mass is 2030 g/mol. The summed E-state index contributed by atoms with van der Waals surface area (Å²) < 4.78 is 164. The third kappa shape index (κ3) is 22.8. The summed E-state index contributed by atoms with van der Waals surface area (Å²) in [6.45, 7) is -14.1. The number of ether oxygens (including phenoxy) is 6. The maximum Gasteiger partial charge on any atom is 0.387 e. The van der Waals surface area contributed by atoms with Gasteiger partial charge in [0.15, 0.2) is 5.65 Å². The van der Waals surface area contributed by atoms with E-state index in [-0.39, 0.29) is 154 Å². The first-order valence-corrected chi connectivity index (χ1v) is 42.5. The van der Waals surface area contributed by atoms with Crippen molar-refractivity contribution in [3.05, 3.63) is 268 Å². The number of allylic oxidation sites excluding steroid dienone is 2. The van der Waals surface area contributed by atoms with Gasteiger partial charge in [-0.3, -0.25) is 73.8 Å². The molecule has 3 aliphatic heterocycles. The number of halogens is 15. The van der Waals surface area contributed by atoms with Gasteiger partial charge in [0.25, 0.3) is 35.3 Å². The van der Waals surface area contributed by atoms with Crippen LogP contribution in [0.2, 0.25) is 25.1 Å². The number of benzene rings is 5. The zero-order valence-electron chi connectivity index (χ0n) is 70.5. The molecule has 11 aromatic heterocycles. The Bertz CT molecular complexity index is 7230. The van der Waals surface area contributed by atoms with Crippen LogP contribution in [0.3, 0.4) is 0 Å². The fraction of sp³-hybridized carbons (Fsp3) is 0.136. The van der Waals surface area contributed by atoms with Gasteiger partial charge in [0.05, 0.1) is 125 Å². The lowest BCUT2D eigenvalue weighted by atomic mass is 9.87. The molecule has 5 aromatic carbocycles. The lowest BCUT2D eigenvalue weighted by molar-refractivity contribution is -0.114. The molecule has 52 heteroatoms. The number of hydrogen-bond donors (Lipinski definition) is 10. The van der Waals surface area contributed by atoms with Crippen molar-refractivity contribution in [1.29, 1.82) is 0 Å². The van der Waals surface area contributed by atoms with E-state index in [1.165, 1.54) is 176 Å². The van der Waals surface area contributed by atoms with Crippen LogP contribution in [-0.4, -0.2) is 178 Å². The number of alkyl halides is 10. The standard InChI is InChI=1S/C19H15ClF2N4O2.C18H15ClF2N4O3.2C17H11ClF2N6O2.C17H10ClF2N5O3/c20-11-4-5-16(28-19(21)22)13(6-11)17-15(9-24-26-17)25-18(27)14-8-23-7-10-2-1-3-12(10)14;19-10-1-2-15(28-18(20)21)11(3-10)16-14(6-23-25-16)24-17(26)12-5-22-4-9-7-27-8-13(9)12;18-9-1-2-13(28-17(19)20)10(5-9)14-12(7-23-25-14)24-16(27)11-6-21-8-26-4-3-22-15(11)26;18-9-1-2-14(28-17(19)20)11(5-9)15-12(7-22-25-15)24-16(27)13-8-21-6-10-3-4-23-26(10)13;18-8-3-4-12(27-17(19)20)9(6-8)13-11(7-22-24-13)23-16(26)15-14-10(25-28-15)2-1-5-21-14/h1,3-10,12,19H,2H2,(H,24,26)(H,25,27);1-6,9,13,18H,7-8H2,(H,23,25)(H,24,26);1-8,17H,(H,23,25)(H,24,27);1-8,17H,(H,22,25)(H,24,27);1-7,17H,(H,22,24)(H,23,26). The van der Waals surface area contributed by atoms with Crippen molar-refractivity contribution in [3.63, 3.8) is 0 Å². The molecule has 0 spiro atoms. The van der Waals surface area contributed by atoms with E-state index in [0.717, 1.165) is 6.42 Å². The van der Waals surface area contributed by atoms with Crippen LogP contribution in [0.1, 0.15) is 37.8 Å². The molecule has 1 aliphatic carbocycles. The SMILES string of the molecule is O=C(Nc1cn[nH]c1-c1cc(Cl)ccc1OC(F)F)C1=CN=CC2CC=CC12.O=C(Nc1cn[nH]c1-c1cc(Cl)ccc1OC(F)F)C1=CN=CC2COCC12.O=C(Nc1cn[nH]c1-c1cc(Cl)ccc1OC(F)F)c1cncc2ccnn12.O=C(Nc1cn[nH]c1-c1cc(Cl)ccc1OC(F)F)c1cncn2ccnc12.O=C(Nc1cn[nH]c1-c1cc(Cl)ccc1OC(F)F)c1onc2cccnc12. The maximum atomic E-state index is 12.8. The minimum absolute atomic E-state index is 0.0308. The molecule has 1 fully saturated rings. The lowest BCUT2D eigenvalue weighted by Gasteiger charge is -2.21. The summed E-state index contributed by atoms with van der Waals surface area (Å²) in [7, 11) is 0. The lowest BCUT2D eigenvalue weighted by Crippen LogP contribution is -2.27. The van der Waals surface area contributed by atoms with E-state index >= 15 is 0 Å². The number of aromatic amines is 5. The van der Waals surface area contributed by atoms with Crippen LogP contribution >= 0.6 is 58.0 Å². The highest BCUT2D eigenvalue weighted by Gasteiger charge is 2.37. The second-order valence-corrected chi connectivity index (χ2v) is 31.6. The number of amides is 5. The number of imidazole rings is 1. The van der Waals surface area contributed by atoms with E-state index in [9.17, 15) is 67.9 Å². The number of aromatic nitrogens is 18. The first-order valence-electron chi connectivity index (χ1n) is 40.6. The van der Waals surface area contributed by atoms with Crippen LogP contribution in [0.4, 0.5) is 72.3 Å². The summed E-state index contributed by atoms with van der Waals surface area (Å²) in [6.07, 6.45) is 30.3. The van der Waals surface area contributed by atoms with Crippen molar-refractivity contribution in [2.75, 3.05) is 39.8 Å². The van der Waals surface area contributed by atoms with Crippen molar-refractivity contribution >= 4 is 151 Å². The van der Waals surface area contributed by atoms with Crippen LogP contribution in [0, 0.1) is 23.7 Å². The molecule has 37 nitrogen and oxygen atoms in total. The number of carbonyl (C=O) groups excluding carboxylic acids is 5. The molecule has 4 atom stereocenters. The molecule has 0 saturated carbocycles. The van der Waals surface area contributed by atoms with E-state index in [0.29, 0.717) is 83.9 Å². The van der Waals surface area contributed by atoms with E-state index in [4.69, 9.17) is 67.3 Å². The van der Waals surface area contributed by atoms with Crippen LogP contribution < -0.4 is 50.3 Å². The first kappa shape index (κ1) is 96.7. The van der Waals surface area contributed by atoms with E-state index < -0.39 is 50.8 Å². The van der Waals surface area contributed by atoms with Gasteiger partial charge in [-0.1, -0.05) is 75.3 Å². The van der Waals surface area contributed by atoms with Gasteiger partial charge in [0, 0.05) is 137 Å². The van der Waals surface area contributed by atoms with Gasteiger partial charge >= 0.3 is 33.1 Å². The molecular weight excluding hydrogens is 1970 g/mol. The third-order valence-electron chi connectivity index (χ3n) is 20.7. The Morgan fingerprint density at radius 2 is 0.871 bits per heavy atom. The van der Waals surface area contributed by atoms with Crippen molar-refractivity contribution in [1.82, 2.24) is 90.1 Å². The van der Waals surface area contributed by atoms with E-state index in [2.05, 4.69) is 141 Å². The number of fused-ring (bicyclic) bond motifs is 5. The Morgan fingerprint density at radius 1 is 0.443 bits per heavy atom. The van der Waals surface area contributed by atoms with Crippen molar-refractivity contribution in [3.8, 4) is 85.0 Å². The largest absolute Gasteiger partial charge is 0.434 e. The molecule has 16 aromatic rings. The van der Waals surface area contributed by atoms with E-state index in [1.54, 1.807) is 41.2 Å². The highest BCUT2D eigenvalue weighted by molar-refractivity contribution is 6.32. The fourth-order valence-electron chi connectivity index (χ4n) is 14.6. The zero-order valence-corrected chi connectivity index (χ0v) is 74.2. The number of aliphatic imine (C=N–C) groups is 2. The number of carbonyl (C=O) groups is 5. The summed E-state index contributed by atoms with van der Waals surface area (Å²) in [5.41, 5.74) is 7.01. The quantitative estimate of drug-likeness (QED) is 0.0188. The summed E-state index contributed by atoms with van der Waals surface area (Å²) in [4.78, 5) is 88.1. The van der Waals surface area contributed by atoms with Gasteiger partial charge in [-0.2, -0.15) is 74.5 Å². The molecule has 1 saturated heterocycles. The average Bonchev–Trinajstić information content (AvgIpc) is 1.26. The van der Waals surface area contributed by atoms with Gasteiger partial charge in [0.2, 0.25) is 0 Å². The topological polar surface area (TPSA) is 468 Å². The average molecular weight is 2030 g/mol. The maximum absolute atomic E-state index is 12.8. The van der Waals surface area contributed by atoms with Crippen molar-refractivity contribution in [2.24, 2.45) is 33.7 Å². The second-order valence-electron chi connectivity index (χ2n) is 29.4. The van der Waals surface area contributed by atoms with Gasteiger partial charge in [-0.15, -0.1) is 0 Å². The normalized spacial score (nSPS) is 14.9. The zero-order chi connectivity index (χ0) is 98.4. The van der Waals surface area contributed by atoms with Gasteiger partial charge < -0.3 is 59.5 Å². The molecule has 4 unspecified atom stereocenters. The van der Waals surface area contributed by atoms with Crippen LogP contribution in [-0.2, 0) is 14.3 Å². The van der Waals surface area contributed by atoms with Crippen molar-refractivity contribution in [2.45, 2.75) is 39.5 Å². The molecular formula is C88H62Cl5F10N25O12. The number of nitrogens with zero attached hydrogens (tertiary/aromatic N) is 15. The fourth-order valence-corrected chi connectivity index (χ4v) is 15.5. The van der Waals surface area contributed by atoms with Gasteiger partial charge in [-0.05, 0) is 116 Å². The Balaban J connectivity index is 0.000000126. The van der Waals surface area contributed by atoms with Gasteiger partial charge in [0.1, 0.15) is 57.4 Å². The number of anilines is 5. The number of rotatable bonds is 25. The highest BCUT2D eigenvalue weighted by Crippen LogP contribution is 2.44. The Kier molecular flexibility index (Phi) is 30.2. The highest BCUT2D eigenvalue weighted by atomic mass is 35.5. The molecule has 716 valence electrons. The summed E-state index contributed by atoms with van der Waals surface area (Å²) in [5.74, 6) is -2.84. The summed E-state index contributed by atoms with van der Waals surface area (Å²) in [6, 6.07) is 25.9. The van der Waals surface area contributed by atoms with Crippen LogP contribution in [0.5, 0.6) is 28.7 Å². The van der Waals surface area contributed by atoms with Crippen molar-refractivity contribution < 1.29 is 101 Å². The molecule has 20 rings (SSSR count). The second kappa shape index (κ2) is 43.8. The summed E-state index contributed by atoms with van der Waals surface area (Å²) >= 11 is 30.0. The Morgan fingerprint density at radius 3 is 1.34 bits per heavy atom. The first-order chi connectivity index (χ1) is 67.6. The number of H-pyrrole nitrogens is 5. The smallest absolute Gasteiger partial charge is 0.387 e. The van der Waals surface area contributed by atoms with Crippen LogP contribution in [0.15, 0.2) is 240 Å².